The Kier molecular flexibility index (Phi) is 5.90. The second-order valence-electron chi connectivity index (χ2n) is 3.70. The van der Waals surface area contributed by atoms with Crippen molar-refractivity contribution in [3.63, 3.8) is 0 Å². The third-order valence-corrected chi connectivity index (χ3v) is 3.48. The van der Waals surface area contributed by atoms with Crippen molar-refractivity contribution in [3.05, 3.63) is 33.9 Å². The summed E-state index contributed by atoms with van der Waals surface area (Å²) in [4.78, 5) is 10.3. The van der Waals surface area contributed by atoms with E-state index in [1.54, 1.807) is 13.1 Å². The van der Waals surface area contributed by atoms with Crippen molar-refractivity contribution >= 4 is 23.1 Å². The zero-order valence-corrected chi connectivity index (χ0v) is 10.8. The summed E-state index contributed by atoms with van der Waals surface area (Å²) in [5.41, 5.74) is 1.68. The van der Waals surface area contributed by atoms with Gasteiger partial charge < -0.3 is 15.5 Å². The largest absolute Gasteiger partial charge is 0.394 e. The molecule has 1 unspecified atom stereocenters. The van der Waals surface area contributed by atoms with Gasteiger partial charge in [0.15, 0.2) is 0 Å². The van der Waals surface area contributed by atoms with E-state index in [0.29, 0.717) is 11.5 Å². The first kappa shape index (κ1) is 14.7. The van der Waals surface area contributed by atoms with E-state index in [1.807, 2.05) is 0 Å². The third kappa shape index (κ3) is 4.17. The van der Waals surface area contributed by atoms with Crippen LogP contribution in [-0.2, 0) is 5.75 Å². The lowest BCUT2D eigenvalue weighted by Gasteiger charge is -2.10. The van der Waals surface area contributed by atoms with Crippen LogP contribution in [0.15, 0.2) is 18.2 Å². The number of nitrogens with zero attached hydrogens (tertiary/aromatic N) is 1. The number of rotatable bonds is 7. The average Bonchev–Trinajstić information content (AvgIpc) is 2.38. The Labute approximate surface area is 109 Å². The first-order valence-electron chi connectivity index (χ1n) is 5.40. The van der Waals surface area contributed by atoms with E-state index >= 15 is 0 Å². The predicted molar refractivity (Wildman–Crippen MR) is 71.9 cm³/mol. The molecule has 0 aliphatic carbocycles. The highest BCUT2D eigenvalue weighted by atomic mass is 32.2. The van der Waals surface area contributed by atoms with Gasteiger partial charge in [-0.15, -0.1) is 0 Å². The normalized spacial score (nSPS) is 12.2. The predicted octanol–water partition coefficient (Wildman–Crippen LogP) is 1.22. The van der Waals surface area contributed by atoms with Crippen LogP contribution >= 0.6 is 11.8 Å². The number of anilines is 1. The molecule has 0 heterocycles. The van der Waals surface area contributed by atoms with Gasteiger partial charge in [-0.3, -0.25) is 10.1 Å². The minimum atomic E-state index is -0.758. The van der Waals surface area contributed by atoms with Gasteiger partial charge in [-0.1, -0.05) is 0 Å². The Hall–Kier alpha value is -1.31. The molecule has 0 saturated heterocycles. The van der Waals surface area contributed by atoms with Crippen LogP contribution in [0.4, 0.5) is 11.4 Å². The minimum Gasteiger partial charge on any atom is -0.394 e. The molecule has 100 valence electrons. The molecule has 0 spiro atoms. The second-order valence-corrected chi connectivity index (χ2v) is 4.73. The molecule has 1 aromatic rings. The SMILES string of the molecule is CNc1ccc([N+](=O)[O-])cc1CSCC(O)CO. The molecule has 18 heavy (non-hydrogen) atoms. The van der Waals surface area contributed by atoms with E-state index in [2.05, 4.69) is 5.32 Å². The molecule has 0 fully saturated rings. The molecule has 0 amide bonds. The van der Waals surface area contributed by atoms with E-state index in [1.165, 1.54) is 23.9 Å². The number of nitro groups is 1. The highest BCUT2D eigenvalue weighted by molar-refractivity contribution is 7.98. The van der Waals surface area contributed by atoms with Crippen molar-refractivity contribution in [3.8, 4) is 0 Å². The van der Waals surface area contributed by atoms with Gasteiger partial charge in [0.25, 0.3) is 5.69 Å². The molecule has 0 saturated carbocycles. The van der Waals surface area contributed by atoms with Crippen molar-refractivity contribution in [2.24, 2.45) is 0 Å². The molecule has 0 aromatic heterocycles. The molecule has 6 nitrogen and oxygen atoms in total. The molecule has 1 rings (SSSR count). The first-order valence-corrected chi connectivity index (χ1v) is 6.55. The van der Waals surface area contributed by atoms with Crippen LogP contribution in [0.25, 0.3) is 0 Å². The molecule has 0 aliphatic heterocycles. The quantitative estimate of drug-likeness (QED) is 0.510. The molecule has 7 heteroatoms. The van der Waals surface area contributed by atoms with Crippen molar-refractivity contribution < 1.29 is 15.1 Å². The highest BCUT2D eigenvalue weighted by Crippen LogP contribution is 2.25. The Bertz CT molecular complexity index is 414. The summed E-state index contributed by atoms with van der Waals surface area (Å²) >= 11 is 1.42. The van der Waals surface area contributed by atoms with Gasteiger partial charge in [0.05, 0.1) is 17.6 Å². The molecule has 3 N–H and O–H groups in total. The number of aliphatic hydroxyl groups is 2. The fourth-order valence-electron chi connectivity index (χ4n) is 1.41. The number of hydrogen-bond acceptors (Lipinski definition) is 6. The summed E-state index contributed by atoms with van der Waals surface area (Å²) in [6.45, 7) is -0.277. The molecule has 1 aromatic carbocycles. The minimum absolute atomic E-state index is 0.0484. The van der Waals surface area contributed by atoms with Crippen molar-refractivity contribution in [1.82, 2.24) is 0 Å². The molecular formula is C11H16N2O4S. The highest BCUT2D eigenvalue weighted by Gasteiger charge is 2.11. The van der Waals surface area contributed by atoms with Crippen molar-refractivity contribution in [2.75, 3.05) is 24.7 Å². The molecule has 1 atom stereocenters. The maximum absolute atomic E-state index is 10.7. The summed E-state index contributed by atoms with van der Waals surface area (Å²) in [6.07, 6.45) is -0.758. The molecule has 0 aliphatic rings. The lowest BCUT2D eigenvalue weighted by molar-refractivity contribution is -0.384. The van der Waals surface area contributed by atoms with Crippen LogP contribution < -0.4 is 5.32 Å². The topological polar surface area (TPSA) is 95.6 Å². The summed E-state index contributed by atoms with van der Waals surface area (Å²) in [5.74, 6) is 0.928. The fourth-order valence-corrected chi connectivity index (χ4v) is 2.37. The van der Waals surface area contributed by atoms with E-state index < -0.39 is 11.0 Å². The standard InChI is InChI=1S/C11H16N2O4S/c1-12-11-3-2-9(13(16)17)4-8(11)6-18-7-10(15)5-14/h2-4,10,12,14-15H,5-7H2,1H3. The first-order chi connectivity index (χ1) is 8.58. The van der Waals surface area contributed by atoms with Gasteiger partial charge in [0, 0.05) is 36.4 Å². The summed E-state index contributed by atoms with van der Waals surface area (Å²) in [7, 11) is 1.75. The molecule has 0 bridgehead atoms. The van der Waals surface area contributed by atoms with E-state index in [-0.39, 0.29) is 12.3 Å². The van der Waals surface area contributed by atoms with Gasteiger partial charge in [0.1, 0.15) is 0 Å². The maximum atomic E-state index is 10.7. The average molecular weight is 272 g/mol. The van der Waals surface area contributed by atoms with Gasteiger partial charge in [-0.25, -0.2) is 0 Å². The van der Waals surface area contributed by atoms with Crippen LogP contribution in [0, 0.1) is 10.1 Å². The van der Waals surface area contributed by atoms with Crippen LogP contribution in [0.1, 0.15) is 5.56 Å². The number of thioether (sulfide) groups is 1. The number of aliphatic hydroxyl groups excluding tert-OH is 2. The number of hydrogen-bond donors (Lipinski definition) is 3. The van der Waals surface area contributed by atoms with Crippen molar-refractivity contribution in [1.29, 1.82) is 0 Å². The fraction of sp³-hybridized carbons (Fsp3) is 0.455. The van der Waals surface area contributed by atoms with E-state index in [0.717, 1.165) is 11.3 Å². The number of nitro benzene ring substituents is 1. The monoisotopic (exact) mass is 272 g/mol. The Balaban J connectivity index is 2.72. The third-order valence-electron chi connectivity index (χ3n) is 2.35. The lowest BCUT2D eigenvalue weighted by atomic mass is 10.2. The summed E-state index contributed by atoms with van der Waals surface area (Å²) < 4.78 is 0. The van der Waals surface area contributed by atoms with E-state index in [4.69, 9.17) is 5.11 Å². The number of non-ortho nitro benzene ring substituents is 1. The smallest absolute Gasteiger partial charge is 0.269 e. The Morgan fingerprint density at radius 3 is 2.83 bits per heavy atom. The Morgan fingerprint density at radius 1 is 1.56 bits per heavy atom. The van der Waals surface area contributed by atoms with Crippen molar-refractivity contribution in [2.45, 2.75) is 11.9 Å². The number of benzene rings is 1. The van der Waals surface area contributed by atoms with Crippen LogP contribution in [0.3, 0.4) is 0 Å². The zero-order valence-electron chi connectivity index (χ0n) is 10.00. The van der Waals surface area contributed by atoms with Gasteiger partial charge in [-0.05, 0) is 11.6 Å². The zero-order chi connectivity index (χ0) is 13.5. The lowest BCUT2D eigenvalue weighted by Crippen LogP contribution is -2.14. The number of nitrogens with one attached hydrogen (secondary N) is 1. The van der Waals surface area contributed by atoms with Crippen LogP contribution in [0.5, 0.6) is 0 Å². The van der Waals surface area contributed by atoms with Gasteiger partial charge in [0.2, 0.25) is 0 Å². The summed E-state index contributed by atoms with van der Waals surface area (Å²) in [5, 5.41) is 31.5. The summed E-state index contributed by atoms with van der Waals surface area (Å²) in [6, 6.07) is 4.63. The van der Waals surface area contributed by atoms with E-state index in [9.17, 15) is 15.2 Å². The van der Waals surface area contributed by atoms with Crippen LogP contribution in [-0.4, -0.2) is 40.6 Å². The van der Waals surface area contributed by atoms with Gasteiger partial charge in [-0.2, -0.15) is 11.8 Å². The van der Waals surface area contributed by atoms with Crippen LogP contribution in [0.2, 0.25) is 0 Å². The second kappa shape index (κ2) is 7.20. The Morgan fingerprint density at radius 2 is 2.28 bits per heavy atom. The van der Waals surface area contributed by atoms with Gasteiger partial charge >= 0.3 is 0 Å². The molecular weight excluding hydrogens is 256 g/mol. The maximum Gasteiger partial charge on any atom is 0.269 e. The molecule has 0 radical (unpaired) electrons.